The normalized spacial score (nSPS) is 16.9. The summed E-state index contributed by atoms with van der Waals surface area (Å²) < 4.78 is 14.3. The molecule has 1 fully saturated rings. The van der Waals surface area contributed by atoms with E-state index in [4.69, 9.17) is 5.26 Å². The molecule has 0 atom stereocenters. The number of nitriles is 1. The highest BCUT2D eigenvalue weighted by Gasteiger charge is 2.20. The second-order valence-electron chi connectivity index (χ2n) is 3.88. The van der Waals surface area contributed by atoms with Gasteiger partial charge in [-0.3, -0.25) is 4.90 Å². The van der Waals surface area contributed by atoms with Crippen LogP contribution in [-0.2, 0) is 0 Å². The summed E-state index contributed by atoms with van der Waals surface area (Å²) in [6, 6.07) is 3.54. The molecule has 17 heavy (non-hydrogen) atoms. The summed E-state index contributed by atoms with van der Waals surface area (Å²) in [4.78, 5) is 8.05. The van der Waals surface area contributed by atoms with Crippen LogP contribution >= 0.6 is 15.9 Å². The quantitative estimate of drug-likeness (QED) is 0.779. The topological polar surface area (TPSA) is 43.2 Å². The molecule has 6 heteroatoms. The minimum atomic E-state index is -0.312. The molecule has 0 spiro atoms. The second-order valence-corrected chi connectivity index (χ2v) is 4.80. The number of nitrogens with zero attached hydrogens (tertiary/aromatic N) is 4. The van der Waals surface area contributed by atoms with E-state index in [1.807, 2.05) is 9.80 Å². The number of halogens is 2. The molecule has 0 bridgehead atoms. The van der Waals surface area contributed by atoms with Gasteiger partial charge in [0, 0.05) is 36.8 Å². The Bertz CT molecular complexity index is 438. The van der Waals surface area contributed by atoms with Crippen LogP contribution in [0.2, 0.25) is 0 Å². The first-order chi connectivity index (χ1) is 8.20. The van der Waals surface area contributed by atoms with Gasteiger partial charge in [-0.1, -0.05) is 0 Å². The number of rotatable bonds is 2. The van der Waals surface area contributed by atoms with Crippen molar-refractivity contribution in [3.63, 3.8) is 0 Å². The monoisotopic (exact) mass is 298 g/mol. The lowest BCUT2D eigenvalue weighted by Gasteiger charge is -2.34. The Morgan fingerprint density at radius 3 is 2.71 bits per heavy atom. The van der Waals surface area contributed by atoms with E-state index < -0.39 is 0 Å². The molecule has 2 rings (SSSR count). The summed E-state index contributed by atoms with van der Waals surface area (Å²) in [5, 5.41) is 8.59. The van der Waals surface area contributed by atoms with Crippen LogP contribution in [0.5, 0.6) is 0 Å². The first-order valence-corrected chi connectivity index (χ1v) is 6.15. The van der Waals surface area contributed by atoms with Crippen LogP contribution in [0, 0.1) is 17.1 Å². The molecule has 1 aromatic rings. The summed E-state index contributed by atoms with van der Waals surface area (Å²) >= 11 is 3.19. The van der Waals surface area contributed by atoms with E-state index in [-0.39, 0.29) is 5.82 Å². The highest BCUT2D eigenvalue weighted by Crippen LogP contribution is 2.20. The van der Waals surface area contributed by atoms with Crippen LogP contribution in [0.15, 0.2) is 16.7 Å². The van der Waals surface area contributed by atoms with Crippen LogP contribution in [0.4, 0.5) is 10.2 Å². The zero-order valence-electron chi connectivity index (χ0n) is 9.24. The molecule has 0 saturated carbocycles. The van der Waals surface area contributed by atoms with Crippen molar-refractivity contribution in [1.82, 2.24) is 9.88 Å². The Balaban J connectivity index is 2.03. The van der Waals surface area contributed by atoms with Crippen molar-refractivity contribution in [3.05, 3.63) is 22.6 Å². The van der Waals surface area contributed by atoms with Gasteiger partial charge in [0.25, 0.3) is 0 Å². The molecule has 0 aromatic carbocycles. The van der Waals surface area contributed by atoms with E-state index >= 15 is 0 Å². The van der Waals surface area contributed by atoms with Crippen LogP contribution in [0.3, 0.4) is 0 Å². The van der Waals surface area contributed by atoms with Crippen molar-refractivity contribution in [1.29, 1.82) is 5.26 Å². The Kier molecular flexibility index (Phi) is 3.92. The molecule has 0 amide bonds. The molecule has 1 saturated heterocycles. The zero-order valence-corrected chi connectivity index (χ0v) is 10.8. The predicted octanol–water partition coefficient (Wildman–Crippen LogP) is 1.63. The Hall–Kier alpha value is -1.19. The van der Waals surface area contributed by atoms with Gasteiger partial charge in [0.2, 0.25) is 0 Å². The van der Waals surface area contributed by atoms with Gasteiger partial charge >= 0.3 is 0 Å². The first-order valence-electron chi connectivity index (χ1n) is 5.36. The van der Waals surface area contributed by atoms with Gasteiger partial charge in [0.15, 0.2) is 11.6 Å². The van der Waals surface area contributed by atoms with Gasteiger partial charge in [-0.2, -0.15) is 5.26 Å². The molecule has 1 aromatic heterocycles. The summed E-state index contributed by atoms with van der Waals surface area (Å²) in [7, 11) is 0. The Morgan fingerprint density at radius 1 is 1.41 bits per heavy atom. The second kappa shape index (κ2) is 5.43. The first kappa shape index (κ1) is 12.3. The fourth-order valence-electron chi connectivity index (χ4n) is 1.86. The molecule has 0 unspecified atom stereocenters. The van der Waals surface area contributed by atoms with Crippen molar-refractivity contribution >= 4 is 21.7 Å². The third-order valence-corrected chi connectivity index (χ3v) is 3.19. The largest absolute Gasteiger partial charge is 0.352 e. The van der Waals surface area contributed by atoms with Gasteiger partial charge in [-0.15, -0.1) is 0 Å². The molecule has 0 radical (unpaired) electrons. The maximum Gasteiger partial charge on any atom is 0.166 e. The zero-order chi connectivity index (χ0) is 12.3. The number of hydrogen-bond donors (Lipinski definition) is 0. The van der Waals surface area contributed by atoms with E-state index in [9.17, 15) is 4.39 Å². The number of piperazine rings is 1. The van der Waals surface area contributed by atoms with E-state index in [1.54, 1.807) is 6.20 Å². The van der Waals surface area contributed by atoms with Crippen LogP contribution in [0.1, 0.15) is 0 Å². The number of anilines is 1. The standard InChI is InChI=1S/C11H12BrFN4/c12-9-7-10(13)11(15-8-9)17-5-3-16(2-1-14)4-6-17/h7-8H,2-6H2. The van der Waals surface area contributed by atoms with Gasteiger partial charge in [0.1, 0.15) is 0 Å². The smallest absolute Gasteiger partial charge is 0.166 e. The molecule has 4 nitrogen and oxygen atoms in total. The van der Waals surface area contributed by atoms with Crippen molar-refractivity contribution in [3.8, 4) is 6.07 Å². The third kappa shape index (κ3) is 2.93. The minimum absolute atomic E-state index is 0.312. The van der Waals surface area contributed by atoms with Gasteiger partial charge in [-0.05, 0) is 22.0 Å². The molecule has 0 N–H and O–H groups in total. The van der Waals surface area contributed by atoms with Gasteiger partial charge in [0.05, 0.1) is 12.6 Å². The van der Waals surface area contributed by atoms with Crippen molar-refractivity contribution in [2.45, 2.75) is 0 Å². The molecule has 1 aliphatic heterocycles. The van der Waals surface area contributed by atoms with Crippen molar-refractivity contribution in [2.75, 3.05) is 37.6 Å². The average molecular weight is 299 g/mol. The number of aromatic nitrogens is 1. The van der Waals surface area contributed by atoms with E-state index in [0.29, 0.717) is 29.9 Å². The fraction of sp³-hybridized carbons (Fsp3) is 0.455. The maximum absolute atomic E-state index is 13.7. The summed E-state index contributed by atoms with van der Waals surface area (Å²) in [6.45, 7) is 3.38. The molecular formula is C11H12BrFN4. The van der Waals surface area contributed by atoms with Gasteiger partial charge in [-0.25, -0.2) is 9.37 Å². The lowest BCUT2D eigenvalue weighted by Crippen LogP contribution is -2.47. The molecule has 0 aliphatic carbocycles. The van der Waals surface area contributed by atoms with Crippen LogP contribution in [-0.4, -0.2) is 42.6 Å². The predicted molar refractivity (Wildman–Crippen MR) is 66.2 cm³/mol. The molecule has 2 heterocycles. The van der Waals surface area contributed by atoms with E-state index in [1.165, 1.54) is 6.07 Å². The minimum Gasteiger partial charge on any atom is -0.352 e. The summed E-state index contributed by atoms with van der Waals surface area (Å²) in [5.74, 6) is 0.0814. The van der Waals surface area contributed by atoms with E-state index in [0.717, 1.165) is 13.1 Å². The van der Waals surface area contributed by atoms with Crippen LogP contribution in [0.25, 0.3) is 0 Å². The molecule has 1 aliphatic rings. The summed E-state index contributed by atoms with van der Waals surface area (Å²) in [6.07, 6.45) is 1.60. The molecular weight excluding hydrogens is 287 g/mol. The number of pyridine rings is 1. The van der Waals surface area contributed by atoms with Gasteiger partial charge < -0.3 is 4.90 Å². The fourth-order valence-corrected chi connectivity index (χ4v) is 2.16. The Morgan fingerprint density at radius 2 is 2.12 bits per heavy atom. The lowest BCUT2D eigenvalue weighted by atomic mass is 10.3. The van der Waals surface area contributed by atoms with Crippen LogP contribution < -0.4 is 4.90 Å². The summed E-state index contributed by atoms with van der Waals surface area (Å²) in [5.41, 5.74) is 0. The van der Waals surface area contributed by atoms with Crippen molar-refractivity contribution in [2.24, 2.45) is 0 Å². The maximum atomic E-state index is 13.7. The Labute approximate surface area is 108 Å². The lowest BCUT2D eigenvalue weighted by molar-refractivity contribution is 0.285. The molecule has 90 valence electrons. The number of hydrogen-bond acceptors (Lipinski definition) is 4. The third-order valence-electron chi connectivity index (χ3n) is 2.75. The van der Waals surface area contributed by atoms with E-state index in [2.05, 4.69) is 27.0 Å². The van der Waals surface area contributed by atoms with Crippen molar-refractivity contribution < 1.29 is 4.39 Å². The average Bonchev–Trinajstić information content (AvgIpc) is 2.31. The highest BCUT2D eigenvalue weighted by molar-refractivity contribution is 9.10. The highest BCUT2D eigenvalue weighted by atomic mass is 79.9. The SMILES string of the molecule is N#CCN1CCN(c2ncc(Br)cc2F)CC1.